The predicted molar refractivity (Wildman–Crippen MR) is 113 cm³/mol. The summed E-state index contributed by atoms with van der Waals surface area (Å²) >= 11 is 0. The maximum absolute atomic E-state index is 12.2. The van der Waals surface area contributed by atoms with Gasteiger partial charge in [0.2, 0.25) is 0 Å². The fourth-order valence-electron chi connectivity index (χ4n) is 8.74. The first kappa shape index (κ1) is 21.4. The van der Waals surface area contributed by atoms with Gasteiger partial charge in [0.25, 0.3) is 0 Å². The molecule has 172 valence electrons. The highest BCUT2D eigenvalue weighted by atomic mass is 16.6. The molecule has 5 aliphatic rings. The smallest absolute Gasteiger partial charge is 0.331 e. The van der Waals surface area contributed by atoms with Crippen LogP contribution in [0.2, 0.25) is 0 Å². The van der Waals surface area contributed by atoms with E-state index in [2.05, 4.69) is 13.8 Å². The summed E-state index contributed by atoms with van der Waals surface area (Å²) in [5.74, 6) is 0.539. The number of fused-ring (bicyclic) bond motifs is 5. The minimum atomic E-state index is -0.756. The van der Waals surface area contributed by atoms with E-state index in [4.69, 9.17) is 9.47 Å². The molecule has 4 fully saturated rings. The molecule has 0 amide bonds. The summed E-state index contributed by atoms with van der Waals surface area (Å²) in [7, 11) is 0. The topological polar surface area (TPSA) is 93.1 Å². The summed E-state index contributed by atoms with van der Waals surface area (Å²) in [6.07, 6.45) is 7.51. The van der Waals surface area contributed by atoms with Gasteiger partial charge in [-0.3, -0.25) is 4.79 Å². The van der Waals surface area contributed by atoms with E-state index in [1.54, 1.807) is 6.08 Å². The van der Waals surface area contributed by atoms with Crippen molar-refractivity contribution in [2.75, 3.05) is 6.61 Å². The van der Waals surface area contributed by atoms with Crippen LogP contribution in [0.1, 0.15) is 72.1 Å². The van der Waals surface area contributed by atoms with E-state index in [1.165, 1.54) is 6.92 Å². The van der Waals surface area contributed by atoms with Crippen LogP contribution in [0.25, 0.3) is 0 Å². The van der Waals surface area contributed by atoms with E-state index >= 15 is 0 Å². The molecule has 4 saturated carbocycles. The van der Waals surface area contributed by atoms with E-state index in [0.717, 1.165) is 44.1 Å². The number of ether oxygens (including phenoxy) is 2. The average Bonchev–Trinajstić information content (AvgIpc) is 3.23. The second-order valence-corrected chi connectivity index (χ2v) is 11.4. The van der Waals surface area contributed by atoms with Gasteiger partial charge in [-0.15, -0.1) is 0 Å². The minimum absolute atomic E-state index is 0.0525. The molecular weight excluding hydrogens is 396 g/mol. The van der Waals surface area contributed by atoms with Gasteiger partial charge >= 0.3 is 11.9 Å². The van der Waals surface area contributed by atoms with Crippen LogP contribution in [0.3, 0.4) is 0 Å². The Bertz CT molecular complexity index is 821. The number of aliphatic hydroxyl groups is 2. The lowest BCUT2D eigenvalue weighted by Crippen LogP contribution is -2.63. The zero-order chi connectivity index (χ0) is 22.2. The first-order valence-electron chi connectivity index (χ1n) is 12.0. The number of carbonyl (C=O) groups excluding carboxylic acids is 2. The molecule has 9 atom stereocenters. The lowest BCUT2D eigenvalue weighted by molar-refractivity contribution is -0.222. The number of aliphatic hydroxyl groups excluding tert-OH is 1. The molecule has 9 unspecified atom stereocenters. The molecule has 0 aromatic rings. The van der Waals surface area contributed by atoms with Crippen molar-refractivity contribution in [3.8, 4) is 0 Å². The molecule has 0 bridgehead atoms. The van der Waals surface area contributed by atoms with Crippen LogP contribution in [0.5, 0.6) is 0 Å². The Kier molecular flexibility index (Phi) is 4.88. The number of esters is 2. The minimum Gasteiger partial charge on any atom is -0.460 e. The van der Waals surface area contributed by atoms with Crippen LogP contribution < -0.4 is 0 Å². The quantitative estimate of drug-likeness (QED) is 0.651. The maximum Gasteiger partial charge on any atom is 0.331 e. The van der Waals surface area contributed by atoms with Crippen molar-refractivity contribution in [1.29, 1.82) is 0 Å². The number of rotatable bonds is 2. The monoisotopic (exact) mass is 432 g/mol. The molecular formula is C25H36O6. The Hall–Kier alpha value is -1.40. The van der Waals surface area contributed by atoms with Gasteiger partial charge in [-0.25, -0.2) is 4.79 Å². The van der Waals surface area contributed by atoms with Crippen LogP contribution in [0.15, 0.2) is 11.6 Å². The third kappa shape index (κ3) is 2.97. The van der Waals surface area contributed by atoms with Gasteiger partial charge in [0.05, 0.1) is 11.7 Å². The fraction of sp³-hybridized carbons (Fsp3) is 0.840. The van der Waals surface area contributed by atoms with Gasteiger partial charge in [0.15, 0.2) is 0 Å². The first-order chi connectivity index (χ1) is 14.6. The summed E-state index contributed by atoms with van der Waals surface area (Å²) in [6, 6.07) is 0. The normalized spacial score (nSPS) is 51.3. The van der Waals surface area contributed by atoms with Gasteiger partial charge < -0.3 is 19.7 Å². The lowest BCUT2D eigenvalue weighted by atomic mass is 9.43. The Morgan fingerprint density at radius 3 is 2.61 bits per heavy atom. The summed E-state index contributed by atoms with van der Waals surface area (Å²) in [6.45, 7) is 6.31. The van der Waals surface area contributed by atoms with E-state index in [9.17, 15) is 19.8 Å². The molecule has 4 aliphatic carbocycles. The predicted octanol–water partition coefficient (Wildman–Crippen LogP) is 3.15. The average molecular weight is 433 g/mol. The maximum atomic E-state index is 12.2. The number of cyclic esters (lactones) is 1. The van der Waals surface area contributed by atoms with Crippen LogP contribution in [-0.4, -0.2) is 46.6 Å². The third-order valence-corrected chi connectivity index (χ3v) is 10.3. The molecule has 0 spiro atoms. The van der Waals surface area contributed by atoms with Crippen molar-refractivity contribution in [3.63, 3.8) is 0 Å². The Balaban J connectivity index is 1.44. The highest BCUT2D eigenvalue weighted by Gasteiger charge is 2.68. The van der Waals surface area contributed by atoms with Crippen LogP contribution in [-0.2, 0) is 19.1 Å². The highest BCUT2D eigenvalue weighted by Crippen LogP contribution is 2.70. The van der Waals surface area contributed by atoms with Crippen molar-refractivity contribution in [2.45, 2.75) is 89.9 Å². The van der Waals surface area contributed by atoms with E-state index in [1.807, 2.05) is 0 Å². The second kappa shape index (κ2) is 7.05. The number of carbonyl (C=O) groups is 2. The van der Waals surface area contributed by atoms with Crippen molar-refractivity contribution in [3.05, 3.63) is 11.6 Å². The molecule has 31 heavy (non-hydrogen) atoms. The molecule has 1 heterocycles. The Labute approximate surface area is 184 Å². The molecule has 0 aromatic carbocycles. The summed E-state index contributed by atoms with van der Waals surface area (Å²) in [4.78, 5) is 23.3. The summed E-state index contributed by atoms with van der Waals surface area (Å²) in [5, 5.41) is 22.9. The number of hydrogen-bond acceptors (Lipinski definition) is 6. The molecule has 0 saturated heterocycles. The van der Waals surface area contributed by atoms with Crippen LogP contribution in [0, 0.1) is 34.5 Å². The van der Waals surface area contributed by atoms with Crippen molar-refractivity contribution < 1.29 is 29.3 Å². The zero-order valence-electron chi connectivity index (χ0n) is 18.9. The largest absolute Gasteiger partial charge is 0.460 e. The first-order valence-corrected chi connectivity index (χ1v) is 12.0. The van der Waals surface area contributed by atoms with Crippen LogP contribution in [0.4, 0.5) is 0 Å². The van der Waals surface area contributed by atoms with Crippen LogP contribution >= 0.6 is 0 Å². The van der Waals surface area contributed by atoms with Gasteiger partial charge in [-0.2, -0.15) is 0 Å². The SMILES string of the molecule is CC(=O)OC1CC2(C)C(CCC3C2CCC2(C)C(C4=CC(=O)OC4)CCC32O)CC1O. The lowest BCUT2D eigenvalue weighted by Gasteiger charge is -2.64. The molecule has 5 rings (SSSR count). The van der Waals surface area contributed by atoms with Gasteiger partial charge in [0.1, 0.15) is 12.7 Å². The van der Waals surface area contributed by atoms with Gasteiger partial charge in [-0.1, -0.05) is 13.8 Å². The number of hydrogen-bond donors (Lipinski definition) is 2. The van der Waals surface area contributed by atoms with Crippen molar-refractivity contribution in [1.82, 2.24) is 0 Å². The van der Waals surface area contributed by atoms with E-state index < -0.39 is 17.8 Å². The van der Waals surface area contributed by atoms with E-state index in [-0.39, 0.29) is 34.6 Å². The molecule has 2 N–H and O–H groups in total. The molecule has 1 aliphatic heterocycles. The Morgan fingerprint density at radius 1 is 1.16 bits per heavy atom. The standard InChI is InChI=1S/C25H36O6/c1-14(26)31-21-12-23(2)16(11-20(21)27)4-5-19-18(23)6-8-24(3)17(7-9-25(19,24)29)15-10-22(28)30-13-15/h10,16-21,27,29H,4-9,11-13H2,1-3H3. The molecule has 6 heteroatoms. The second-order valence-electron chi connectivity index (χ2n) is 11.4. The molecule has 6 nitrogen and oxygen atoms in total. The fourth-order valence-corrected chi connectivity index (χ4v) is 8.74. The highest BCUT2D eigenvalue weighted by molar-refractivity contribution is 5.85. The molecule has 0 radical (unpaired) electrons. The summed E-state index contributed by atoms with van der Waals surface area (Å²) in [5.41, 5.74) is -0.00452. The van der Waals surface area contributed by atoms with Gasteiger partial charge in [0, 0.05) is 18.4 Å². The van der Waals surface area contributed by atoms with Crippen molar-refractivity contribution >= 4 is 11.9 Å². The zero-order valence-corrected chi connectivity index (χ0v) is 18.9. The third-order valence-electron chi connectivity index (χ3n) is 10.3. The van der Waals surface area contributed by atoms with Gasteiger partial charge in [-0.05, 0) is 86.0 Å². The Morgan fingerprint density at radius 2 is 1.94 bits per heavy atom. The van der Waals surface area contributed by atoms with E-state index in [0.29, 0.717) is 31.3 Å². The summed E-state index contributed by atoms with van der Waals surface area (Å²) < 4.78 is 10.7. The van der Waals surface area contributed by atoms with Crippen molar-refractivity contribution in [2.24, 2.45) is 34.5 Å². The molecule has 0 aromatic heterocycles.